The molecule has 0 spiro atoms. The molecule has 0 aromatic heterocycles. The molecule has 6 heteroatoms. The highest BCUT2D eigenvalue weighted by Gasteiger charge is 2.26. The molecule has 0 aliphatic rings. The number of carbonyl (C=O) groups excluding carboxylic acids is 1. The highest BCUT2D eigenvalue weighted by atomic mass is 19.4. The third-order valence-electron chi connectivity index (χ3n) is 1.92. The number of rotatable bonds is 4. The van der Waals surface area contributed by atoms with Crippen LogP contribution in [0.3, 0.4) is 0 Å². The van der Waals surface area contributed by atoms with Crippen molar-refractivity contribution in [3.05, 3.63) is 29.8 Å². The van der Waals surface area contributed by atoms with Gasteiger partial charge in [0, 0.05) is 11.3 Å². The molecular formula is C12H11F3N2O. The Bertz CT molecular complexity index is 463. The van der Waals surface area contributed by atoms with E-state index < -0.39 is 25.2 Å². The van der Waals surface area contributed by atoms with Gasteiger partial charge in [-0.2, -0.15) is 13.2 Å². The molecule has 18 heavy (non-hydrogen) atoms. The number of amides is 1. The molecule has 0 heterocycles. The number of carbonyl (C=O) groups is 1. The average molecular weight is 256 g/mol. The lowest BCUT2D eigenvalue weighted by Gasteiger charge is -2.09. The van der Waals surface area contributed by atoms with Crippen LogP contribution >= 0.6 is 0 Å². The SMILES string of the molecule is C#Cc1cccc(NC(=O)CNCC(F)(F)F)c1. The van der Waals surface area contributed by atoms with Gasteiger partial charge in [-0.05, 0) is 18.2 Å². The molecule has 2 N–H and O–H groups in total. The summed E-state index contributed by atoms with van der Waals surface area (Å²) in [4.78, 5) is 11.3. The molecule has 0 aliphatic heterocycles. The van der Waals surface area contributed by atoms with Crippen LogP contribution in [0.1, 0.15) is 5.56 Å². The van der Waals surface area contributed by atoms with Crippen molar-refractivity contribution in [1.29, 1.82) is 0 Å². The fourth-order valence-corrected chi connectivity index (χ4v) is 1.21. The maximum atomic E-state index is 11.8. The van der Waals surface area contributed by atoms with Crippen molar-refractivity contribution >= 4 is 11.6 Å². The van der Waals surface area contributed by atoms with Crippen molar-refractivity contribution in [1.82, 2.24) is 5.32 Å². The molecule has 0 aliphatic carbocycles. The molecule has 1 aromatic carbocycles. The summed E-state index contributed by atoms with van der Waals surface area (Å²) in [6, 6.07) is 6.48. The van der Waals surface area contributed by atoms with Gasteiger partial charge in [-0.3, -0.25) is 4.79 Å². The standard InChI is InChI=1S/C12H11F3N2O/c1-2-9-4-3-5-10(6-9)17-11(18)7-16-8-12(13,14)15/h1,3-6,16H,7-8H2,(H,17,18). The third-order valence-corrected chi connectivity index (χ3v) is 1.92. The number of nitrogens with one attached hydrogen (secondary N) is 2. The second-order valence-corrected chi connectivity index (χ2v) is 3.49. The van der Waals surface area contributed by atoms with Crippen molar-refractivity contribution in [2.45, 2.75) is 6.18 Å². The number of halogens is 3. The highest BCUT2D eigenvalue weighted by Crippen LogP contribution is 2.12. The fourth-order valence-electron chi connectivity index (χ4n) is 1.21. The maximum absolute atomic E-state index is 11.8. The zero-order valence-electron chi connectivity index (χ0n) is 9.34. The quantitative estimate of drug-likeness (QED) is 0.806. The lowest BCUT2D eigenvalue weighted by molar-refractivity contribution is -0.126. The normalized spacial score (nSPS) is 10.8. The molecule has 96 valence electrons. The van der Waals surface area contributed by atoms with Gasteiger partial charge in [0.1, 0.15) is 0 Å². The van der Waals surface area contributed by atoms with E-state index in [1.165, 1.54) is 0 Å². The Morgan fingerprint density at radius 1 is 1.39 bits per heavy atom. The van der Waals surface area contributed by atoms with Crippen LogP contribution in [-0.2, 0) is 4.79 Å². The molecule has 0 radical (unpaired) electrons. The van der Waals surface area contributed by atoms with Gasteiger partial charge in [0.15, 0.2) is 0 Å². The van der Waals surface area contributed by atoms with E-state index in [0.29, 0.717) is 11.3 Å². The van der Waals surface area contributed by atoms with Crippen LogP contribution in [0.2, 0.25) is 0 Å². The van der Waals surface area contributed by atoms with E-state index in [9.17, 15) is 18.0 Å². The number of hydrogen-bond donors (Lipinski definition) is 2. The summed E-state index contributed by atoms with van der Waals surface area (Å²) in [5.41, 5.74) is 1.03. The Balaban J connectivity index is 2.43. The van der Waals surface area contributed by atoms with Crippen LogP contribution in [0, 0.1) is 12.3 Å². The van der Waals surface area contributed by atoms with Crippen LogP contribution in [0.25, 0.3) is 0 Å². The van der Waals surface area contributed by atoms with Crippen LogP contribution in [0.15, 0.2) is 24.3 Å². The lowest BCUT2D eigenvalue weighted by Crippen LogP contribution is -2.35. The largest absolute Gasteiger partial charge is 0.401 e. The van der Waals surface area contributed by atoms with Crippen LogP contribution < -0.4 is 10.6 Å². The molecule has 0 unspecified atom stereocenters. The van der Waals surface area contributed by atoms with Crippen molar-refractivity contribution < 1.29 is 18.0 Å². The number of benzene rings is 1. The van der Waals surface area contributed by atoms with Crippen LogP contribution in [0.5, 0.6) is 0 Å². The second kappa shape index (κ2) is 6.07. The van der Waals surface area contributed by atoms with E-state index in [1.807, 2.05) is 5.32 Å². The summed E-state index contributed by atoms with van der Waals surface area (Å²) in [6.45, 7) is -1.62. The number of alkyl halides is 3. The molecule has 1 rings (SSSR count). The van der Waals surface area contributed by atoms with Gasteiger partial charge < -0.3 is 10.6 Å². The maximum Gasteiger partial charge on any atom is 0.401 e. The van der Waals surface area contributed by atoms with Gasteiger partial charge in [0.2, 0.25) is 5.91 Å². The van der Waals surface area contributed by atoms with E-state index in [2.05, 4.69) is 11.2 Å². The summed E-state index contributed by atoms with van der Waals surface area (Å²) in [7, 11) is 0. The van der Waals surface area contributed by atoms with Crippen molar-refractivity contribution in [3.8, 4) is 12.3 Å². The Morgan fingerprint density at radius 2 is 2.11 bits per heavy atom. The first-order valence-electron chi connectivity index (χ1n) is 5.05. The highest BCUT2D eigenvalue weighted by molar-refractivity contribution is 5.92. The van der Waals surface area contributed by atoms with Crippen LogP contribution in [0.4, 0.5) is 18.9 Å². The minimum Gasteiger partial charge on any atom is -0.325 e. The summed E-state index contributed by atoms with van der Waals surface area (Å²) in [5.74, 6) is 1.83. The lowest BCUT2D eigenvalue weighted by atomic mass is 10.2. The Kier molecular flexibility index (Phi) is 4.75. The third kappa shape index (κ3) is 5.37. The zero-order valence-corrected chi connectivity index (χ0v) is 9.34. The first-order chi connectivity index (χ1) is 8.40. The number of terminal acetylenes is 1. The van der Waals surface area contributed by atoms with Crippen molar-refractivity contribution in [2.75, 3.05) is 18.4 Å². The van der Waals surface area contributed by atoms with Gasteiger partial charge in [-0.15, -0.1) is 6.42 Å². The fraction of sp³-hybridized carbons (Fsp3) is 0.250. The van der Waals surface area contributed by atoms with Gasteiger partial charge in [-0.25, -0.2) is 0 Å². The predicted molar refractivity (Wildman–Crippen MR) is 61.9 cm³/mol. The van der Waals surface area contributed by atoms with E-state index in [4.69, 9.17) is 6.42 Å². The zero-order chi connectivity index (χ0) is 13.6. The molecule has 0 bridgehead atoms. The van der Waals surface area contributed by atoms with Crippen molar-refractivity contribution in [2.24, 2.45) is 0 Å². The molecule has 0 saturated carbocycles. The molecule has 0 saturated heterocycles. The summed E-state index contributed by atoms with van der Waals surface area (Å²) < 4.78 is 35.4. The Hall–Kier alpha value is -2.00. The topological polar surface area (TPSA) is 41.1 Å². The Labute approximate surface area is 102 Å². The van der Waals surface area contributed by atoms with E-state index >= 15 is 0 Å². The monoisotopic (exact) mass is 256 g/mol. The minimum atomic E-state index is -4.33. The smallest absolute Gasteiger partial charge is 0.325 e. The summed E-state index contributed by atoms with van der Waals surface area (Å²) in [6.07, 6.45) is 0.848. The van der Waals surface area contributed by atoms with E-state index in [-0.39, 0.29) is 0 Å². The molecule has 3 nitrogen and oxygen atoms in total. The van der Waals surface area contributed by atoms with E-state index in [0.717, 1.165) is 0 Å². The minimum absolute atomic E-state index is 0.417. The summed E-state index contributed by atoms with van der Waals surface area (Å²) >= 11 is 0. The van der Waals surface area contributed by atoms with Crippen molar-refractivity contribution in [3.63, 3.8) is 0 Å². The molecule has 0 atom stereocenters. The van der Waals surface area contributed by atoms with Crippen LogP contribution in [-0.4, -0.2) is 25.2 Å². The summed E-state index contributed by atoms with van der Waals surface area (Å²) in [5, 5.41) is 4.44. The molecule has 1 amide bonds. The molecule has 0 fully saturated rings. The predicted octanol–water partition coefficient (Wildman–Crippen LogP) is 1.76. The first kappa shape index (κ1) is 14.1. The van der Waals surface area contributed by atoms with E-state index in [1.54, 1.807) is 24.3 Å². The number of anilines is 1. The van der Waals surface area contributed by atoms with Gasteiger partial charge >= 0.3 is 6.18 Å². The number of hydrogen-bond acceptors (Lipinski definition) is 2. The molecular weight excluding hydrogens is 245 g/mol. The van der Waals surface area contributed by atoms with Gasteiger partial charge in [-0.1, -0.05) is 12.0 Å². The van der Waals surface area contributed by atoms with Gasteiger partial charge in [0.25, 0.3) is 0 Å². The second-order valence-electron chi connectivity index (χ2n) is 3.49. The average Bonchev–Trinajstić information content (AvgIpc) is 2.27. The Morgan fingerprint density at radius 3 is 2.72 bits per heavy atom. The molecule has 1 aromatic rings. The first-order valence-corrected chi connectivity index (χ1v) is 5.05. The van der Waals surface area contributed by atoms with Gasteiger partial charge in [0.05, 0.1) is 13.1 Å².